The minimum Gasteiger partial charge on any atom is -0.432 e. The van der Waals surface area contributed by atoms with E-state index in [1.165, 1.54) is 5.56 Å². The zero-order chi connectivity index (χ0) is 14.0. The Morgan fingerprint density at radius 1 is 1.22 bits per heavy atom. The Kier molecular flexibility index (Phi) is 4.76. The summed E-state index contributed by atoms with van der Waals surface area (Å²) in [7, 11) is -2.18. The van der Waals surface area contributed by atoms with Gasteiger partial charge in [-0.05, 0) is 47.3 Å². The van der Waals surface area contributed by atoms with Crippen molar-refractivity contribution in [2.45, 2.75) is 44.8 Å². The topological polar surface area (TPSA) is 37.3 Å². The number of benzene rings is 1. The highest BCUT2D eigenvalue weighted by Gasteiger charge is 2.37. The highest BCUT2D eigenvalue weighted by Crippen LogP contribution is 2.38. The molecule has 1 N–H and O–H groups in total. The molecule has 1 aromatic rings. The van der Waals surface area contributed by atoms with Crippen molar-refractivity contribution in [2.75, 3.05) is 0 Å². The van der Waals surface area contributed by atoms with Gasteiger partial charge in [-0.15, -0.1) is 0 Å². The minimum atomic E-state index is -2.18. The van der Waals surface area contributed by atoms with Crippen molar-refractivity contribution in [3.63, 3.8) is 0 Å². The first-order valence-corrected chi connectivity index (χ1v) is 9.43. The summed E-state index contributed by atoms with van der Waals surface area (Å²) in [6.45, 7) is 8.14. The van der Waals surface area contributed by atoms with Gasteiger partial charge >= 0.3 is 0 Å². The Hall–Kier alpha value is -0.643. The molecule has 4 heteroatoms. The van der Waals surface area contributed by atoms with Crippen LogP contribution in [-0.2, 0) is 17.6 Å². The normalized spacial score (nSPS) is 12.6. The third-order valence-corrected chi connectivity index (χ3v) is 7.29. The van der Waals surface area contributed by atoms with Gasteiger partial charge in [-0.3, -0.25) is 4.79 Å². The van der Waals surface area contributed by atoms with E-state index in [9.17, 15) is 9.59 Å². The summed E-state index contributed by atoms with van der Waals surface area (Å²) in [4.78, 5) is 21.1. The highest BCUT2D eigenvalue weighted by molar-refractivity contribution is 6.72. The average Bonchev–Trinajstić information content (AvgIpc) is 2.18. The lowest BCUT2D eigenvalue weighted by Gasteiger charge is -2.35. The van der Waals surface area contributed by atoms with E-state index in [4.69, 9.17) is 11.6 Å². The van der Waals surface area contributed by atoms with Crippen molar-refractivity contribution in [3.8, 4) is 0 Å². The van der Waals surface area contributed by atoms with E-state index in [2.05, 4.69) is 13.8 Å². The van der Waals surface area contributed by atoms with E-state index in [1.54, 1.807) is 0 Å². The molecule has 100 valence electrons. The number of rotatable bonds is 5. The van der Waals surface area contributed by atoms with Crippen LogP contribution < -0.4 is 0 Å². The first kappa shape index (κ1) is 15.4. The first-order chi connectivity index (χ1) is 8.12. The third-order valence-electron chi connectivity index (χ3n) is 3.67. The van der Waals surface area contributed by atoms with Crippen LogP contribution in [0.4, 0.5) is 0 Å². The quantitative estimate of drug-likeness (QED) is 0.664. The van der Waals surface area contributed by atoms with Gasteiger partial charge < -0.3 is 4.80 Å². The molecule has 18 heavy (non-hydrogen) atoms. The lowest BCUT2D eigenvalue weighted by molar-refractivity contribution is -0.111. The number of carbonyl (C=O) groups excluding carboxylic acids is 1. The number of halogens is 1. The van der Waals surface area contributed by atoms with E-state index in [0.717, 1.165) is 12.0 Å². The molecule has 1 rings (SSSR count). The number of carbonyl (C=O) groups is 1. The summed E-state index contributed by atoms with van der Waals surface area (Å²) in [5.74, 6) is 0. The third kappa shape index (κ3) is 4.23. The van der Waals surface area contributed by atoms with Gasteiger partial charge in [0.25, 0.3) is 0 Å². The van der Waals surface area contributed by atoms with Crippen LogP contribution in [0, 0.1) is 0 Å². The van der Waals surface area contributed by atoms with E-state index in [1.807, 2.05) is 37.4 Å². The van der Waals surface area contributed by atoms with Gasteiger partial charge in [-0.2, -0.15) is 0 Å². The molecule has 0 heterocycles. The maximum absolute atomic E-state index is 10.8. The Labute approximate surface area is 115 Å². The van der Waals surface area contributed by atoms with Crippen LogP contribution in [0.25, 0.3) is 0 Å². The molecule has 0 fully saturated rings. The summed E-state index contributed by atoms with van der Waals surface area (Å²) < 4.78 is 0. The Morgan fingerprint density at radius 2 is 1.67 bits per heavy atom. The fourth-order valence-corrected chi connectivity index (χ4v) is 2.45. The largest absolute Gasteiger partial charge is 0.432 e. The predicted molar refractivity (Wildman–Crippen MR) is 78.5 cm³/mol. The highest BCUT2D eigenvalue weighted by atomic mass is 35.5. The molecule has 0 amide bonds. The Morgan fingerprint density at radius 3 is 2.06 bits per heavy atom. The summed E-state index contributed by atoms with van der Waals surface area (Å²) in [5, 5.41) is -0.413. The SMILES string of the molecule is CC(C)(Cc1ccc(CC(=O)Cl)cc1)[Si](C)(C)O. The van der Waals surface area contributed by atoms with Gasteiger partial charge in [0.05, 0.1) is 0 Å². The molecule has 0 radical (unpaired) electrons. The molecule has 0 aliphatic rings. The summed E-state index contributed by atoms with van der Waals surface area (Å²) in [6, 6.07) is 7.88. The zero-order valence-electron chi connectivity index (χ0n) is 11.5. The van der Waals surface area contributed by atoms with Crippen molar-refractivity contribution in [1.29, 1.82) is 0 Å². The van der Waals surface area contributed by atoms with Crippen molar-refractivity contribution in [2.24, 2.45) is 0 Å². The molecule has 0 saturated carbocycles. The van der Waals surface area contributed by atoms with Crippen molar-refractivity contribution in [3.05, 3.63) is 35.4 Å². The lowest BCUT2D eigenvalue weighted by Crippen LogP contribution is -2.40. The Bertz CT molecular complexity index is 418. The summed E-state index contributed by atoms with van der Waals surface area (Å²) in [6.07, 6.45) is 1.11. The summed E-state index contributed by atoms with van der Waals surface area (Å²) >= 11 is 5.35. The fraction of sp³-hybridized carbons (Fsp3) is 0.500. The van der Waals surface area contributed by atoms with E-state index in [-0.39, 0.29) is 16.7 Å². The average molecular weight is 285 g/mol. The van der Waals surface area contributed by atoms with Crippen LogP contribution in [0.2, 0.25) is 18.1 Å². The second-order valence-corrected chi connectivity index (χ2v) is 10.9. The molecular weight excluding hydrogens is 264 g/mol. The molecule has 0 bridgehead atoms. The molecule has 0 aliphatic carbocycles. The second kappa shape index (κ2) is 5.55. The lowest BCUT2D eigenvalue weighted by atomic mass is 10.00. The monoisotopic (exact) mass is 284 g/mol. The van der Waals surface area contributed by atoms with Crippen molar-refractivity contribution < 1.29 is 9.59 Å². The van der Waals surface area contributed by atoms with Crippen molar-refractivity contribution >= 4 is 25.2 Å². The van der Waals surface area contributed by atoms with Crippen LogP contribution in [0.15, 0.2) is 24.3 Å². The molecule has 0 aromatic heterocycles. The maximum Gasteiger partial charge on any atom is 0.226 e. The Balaban J connectivity index is 2.78. The first-order valence-electron chi connectivity index (χ1n) is 6.10. The van der Waals surface area contributed by atoms with Gasteiger partial charge in [-0.25, -0.2) is 0 Å². The van der Waals surface area contributed by atoms with Crippen LogP contribution in [0.5, 0.6) is 0 Å². The second-order valence-electron chi connectivity index (χ2n) is 5.97. The molecule has 0 saturated heterocycles. The molecule has 0 unspecified atom stereocenters. The molecule has 0 atom stereocenters. The number of hydrogen-bond donors (Lipinski definition) is 1. The molecule has 1 aromatic carbocycles. The van der Waals surface area contributed by atoms with Gasteiger partial charge in [-0.1, -0.05) is 38.1 Å². The predicted octanol–water partition coefficient (Wildman–Crippen LogP) is 3.51. The van der Waals surface area contributed by atoms with Gasteiger partial charge in [0, 0.05) is 6.42 Å². The van der Waals surface area contributed by atoms with Crippen LogP contribution in [-0.4, -0.2) is 18.4 Å². The van der Waals surface area contributed by atoms with Gasteiger partial charge in [0.2, 0.25) is 5.24 Å². The van der Waals surface area contributed by atoms with E-state index >= 15 is 0 Å². The smallest absolute Gasteiger partial charge is 0.226 e. The zero-order valence-corrected chi connectivity index (χ0v) is 13.2. The standard InChI is InChI=1S/C14H21ClO2Si/c1-14(2,18(3,4)17)10-12-7-5-11(6-8-12)9-13(15)16/h5-8,17H,9-10H2,1-4H3. The van der Waals surface area contributed by atoms with Gasteiger partial charge in [0.1, 0.15) is 0 Å². The molecule has 2 nitrogen and oxygen atoms in total. The summed E-state index contributed by atoms with van der Waals surface area (Å²) in [5.41, 5.74) is 2.11. The molecular formula is C14H21ClO2Si. The van der Waals surface area contributed by atoms with Crippen LogP contribution >= 0.6 is 11.6 Å². The molecule has 0 aliphatic heterocycles. The van der Waals surface area contributed by atoms with Crippen LogP contribution in [0.1, 0.15) is 25.0 Å². The van der Waals surface area contributed by atoms with E-state index in [0.29, 0.717) is 0 Å². The molecule has 0 spiro atoms. The van der Waals surface area contributed by atoms with Crippen LogP contribution in [0.3, 0.4) is 0 Å². The number of hydrogen-bond acceptors (Lipinski definition) is 2. The van der Waals surface area contributed by atoms with E-state index < -0.39 is 8.32 Å². The van der Waals surface area contributed by atoms with Gasteiger partial charge in [0.15, 0.2) is 8.32 Å². The fourth-order valence-electron chi connectivity index (χ4n) is 1.66. The maximum atomic E-state index is 10.8. The van der Waals surface area contributed by atoms with Crippen molar-refractivity contribution in [1.82, 2.24) is 0 Å². The minimum absolute atomic E-state index is 0.0726.